The average Bonchev–Trinajstić information content (AvgIpc) is 2.92. The van der Waals surface area contributed by atoms with Crippen LogP contribution in [0.25, 0.3) is 4.96 Å². The lowest BCUT2D eigenvalue weighted by Crippen LogP contribution is -2.23. The molecule has 5 nitrogen and oxygen atoms in total. The molecule has 3 rings (SSSR count). The fourth-order valence-electron chi connectivity index (χ4n) is 1.87. The van der Waals surface area contributed by atoms with Gasteiger partial charge in [0.15, 0.2) is 0 Å². The summed E-state index contributed by atoms with van der Waals surface area (Å²) in [6.07, 6.45) is 1.79. The van der Waals surface area contributed by atoms with Crippen LogP contribution < -0.4 is 5.32 Å². The lowest BCUT2D eigenvalue weighted by molar-refractivity contribution is 0.0950. The molecule has 1 N–H and O–H groups in total. The van der Waals surface area contributed by atoms with Crippen molar-refractivity contribution < 1.29 is 4.79 Å². The molecule has 21 heavy (non-hydrogen) atoms. The van der Waals surface area contributed by atoms with Crippen LogP contribution >= 0.6 is 34.5 Å². The third kappa shape index (κ3) is 3.02. The number of aryl methyl sites for hydroxylation is 1. The van der Waals surface area contributed by atoms with E-state index in [1.165, 1.54) is 17.4 Å². The van der Waals surface area contributed by atoms with Crippen molar-refractivity contribution in [1.82, 2.24) is 19.9 Å². The number of hydrogen-bond donors (Lipinski definition) is 1. The van der Waals surface area contributed by atoms with Crippen molar-refractivity contribution in [3.63, 3.8) is 0 Å². The monoisotopic (exact) mass is 340 g/mol. The van der Waals surface area contributed by atoms with Crippen LogP contribution in [0.4, 0.5) is 0 Å². The zero-order chi connectivity index (χ0) is 15.0. The number of nitrogens with zero attached hydrogens (tertiary/aromatic N) is 3. The topological polar surface area (TPSA) is 59.3 Å². The minimum Gasteiger partial charge on any atom is -0.346 e. The number of hydrogen-bond acceptors (Lipinski definition) is 4. The second-order valence-electron chi connectivity index (χ2n) is 4.39. The number of nitrogens with one attached hydrogen (secondary N) is 1. The predicted molar refractivity (Wildman–Crippen MR) is 83.2 cm³/mol. The lowest BCUT2D eigenvalue weighted by Gasteiger charge is -2.05. The smallest absolute Gasteiger partial charge is 0.253 e. The number of halogens is 2. The van der Waals surface area contributed by atoms with Crippen LogP contribution in [-0.4, -0.2) is 20.5 Å². The fraction of sp³-hybridized carbons (Fsp3) is 0.154. The molecular formula is C13H10Cl2N4OS. The van der Waals surface area contributed by atoms with E-state index in [2.05, 4.69) is 15.4 Å². The molecule has 0 aliphatic heterocycles. The van der Waals surface area contributed by atoms with Crippen molar-refractivity contribution in [2.75, 3.05) is 0 Å². The van der Waals surface area contributed by atoms with Gasteiger partial charge in [0.05, 0.1) is 29.0 Å². The lowest BCUT2D eigenvalue weighted by atomic mass is 10.2. The molecule has 2 aromatic heterocycles. The van der Waals surface area contributed by atoms with Crippen molar-refractivity contribution in [3.8, 4) is 0 Å². The number of benzene rings is 1. The summed E-state index contributed by atoms with van der Waals surface area (Å²) in [7, 11) is 0. The first-order valence-corrected chi connectivity index (χ1v) is 7.65. The van der Waals surface area contributed by atoms with E-state index in [1.807, 2.05) is 6.92 Å². The van der Waals surface area contributed by atoms with E-state index in [-0.39, 0.29) is 5.91 Å². The first-order chi connectivity index (χ1) is 10.0. The van der Waals surface area contributed by atoms with Gasteiger partial charge in [-0.05, 0) is 25.1 Å². The van der Waals surface area contributed by atoms with Gasteiger partial charge in [0.2, 0.25) is 4.96 Å². The third-order valence-corrected chi connectivity index (χ3v) is 4.19. The highest BCUT2D eigenvalue weighted by atomic mass is 35.5. The molecule has 1 amide bonds. The molecule has 0 fully saturated rings. The number of carbonyl (C=O) groups is 1. The van der Waals surface area contributed by atoms with Crippen molar-refractivity contribution in [2.45, 2.75) is 13.5 Å². The molecule has 1 aromatic carbocycles. The van der Waals surface area contributed by atoms with E-state index in [9.17, 15) is 4.79 Å². The van der Waals surface area contributed by atoms with Gasteiger partial charge in [-0.25, -0.2) is 9.50 Å². The number of carbonyl (C=O) groups excluding carboxylic acids is 1. The molecule has 0 unspecified atom stereocenters. The van der Waals surface area contributed by atoms with E-state index < -0.39 is 0 Å². The number of imidazole rings is 1. The summed E-state index contributed by atoms with van der Waals surface area (Å²) in [5, 5.41) is 8.80. The van der Waals surface area contributed by atoms with Gasteiger partial charge in [-0.1, -0.05) is 34.5 Å². The molecule has 108 valence electrons. The van der Waals surface area contributed by atoms with E-state index in [1.54, 1.807) is 22.8 Å². The standard InChI is InChI=1S/C13H10Cl2N4OS/c1-7-18-19-6-9(17-13(19)21-7)5-16-12(20)10-3-2-8(14)4-11(10)15/h2-4,6H,5H2,1H3,(H,16,20). The third-order valence-electron chi connectivity index (χ3n) is 2.80. The number of amides is 1. The Hall–Kier alpha value is -1.63. The molecule has 0 bridgehead atoms. The van der Waals surface area contributed by atoms with Gasteiger partial charge in [-0.3, -0.25) is 4.79 Å². The average molecular weight is 341 g/mol. The highest BCUT2D eigenvalue weighted by Crippen LogP contribution is 2.21. The molecule has 0 atom stereocenters. The molecular weight excluding hydrogens is 331 g/mol. The largest absolute Gasteiger partial charge is 0.346 e. The summed E-state index contributed by atoms with van der Waals surface area (Å²) in [5.74, 6) is -0.267. The maximum absolute atomic E-state index is 12.1. The van der Waals surface area contributed by atoms with Crippen LogP contribution in [0.5, 0.6) is 0 Å². The summed E-state index contributed by atoms with van der Waals surface area (Å²) >= 11 is 13.3. The Kier molecular flexibility index (Phi) is 3.84. The van der Waals surface area contributed by atoms with Gasteiger partial charge in [0, 0.05) is 5.02 Å². The van der Waals surface area contributed by atoms with Crippen molar-refractivity contribution in [3.05, 3.63) is 50.7 Å². The summed E-state index contributed by atoms with van der Waals surface area (Å²) in [4.78, 5) is 17.3. The molecule has 8 heteroatoms. The normalized spacial score (nSPS) is 11.0. The number of rotatable bonds is 3. The maximum atomic E-state index is 12.1. The Morgan fingerprint density at radius 3 is 2.95 bits per heavy atom. The Balaban J connectivity index is 1.71. The van der Waals surface area contributed by atoms with Crippen LogP contribution in [0.2, 0.25) is 10.0 Å². The van der Waals surface area contributed by atoms with Gasteiger partial charge in [0.1, 0.15) is 5.01 Å². The van der Waals surface area contributed by atoms with Gasteiger partial charge in [-0.15, -0.1) is 0 Å². The first-order valence-electron chi connectivity index (χ1n) is 6.08. The summed E-state index contributed by atoms with van der Waals surface area (Å²) in [6, 6.07) is 4.76. The van der Waals surface area contributed by atoms with Crippen LogP contribution in [0, 0.1) is 6.92 Å². The Morgan fingerprint density at radius 1 is 1.43 bits per heavy atom. The van der Waals surface area contributed by atoms with Crippen LogP contribution in [0.3, 0.4) is 0 Å². The SMILES string of the molecule is Cc1nn2cc(CNC(=O)c3ccc(Cl)cc3Cl)nc2s1. The molecule has 0 aliphatic carbocycles. The van der Waals surface area contributed by atoms with Crippen molar-refractivity contribution >= 4 is 45.4 Å². The van der Waals surface area contributed by atoms with E-state index in [0.717, 1.165) is 15.7 Å². The zero-order valence-corrected chi connectivity index (χ0v) is 13.3. The fourth-order valence-corrected chi connectivity index (χ4v) is 3.11. The van der Waals surface area contributed by atoms with Crippen LogP contribution in [-0.2, 0) is 6.54 Å². The van der Waals surface area contributed by atoms with Crippen LogP contribution in [0.15, 0.2) is 24.4 Å². The number of fused-ring (bicyclic) bond motifs is 1. The highest BCUT2D eigenvalue weighted by Gasteiger charge is 2.12. The van der Waals surface area contributed by atoms with Gasteiger partial charge in [-0.2, -0.15) is 5.10 Å². The van der Waals surface area contributed by atoms with Gasteiger partial charge >= 0.3 is 0 Å². The summed E-state index contributed by atoms with van der Waals surface area (Å²) < 4.78 is 1.71. The van der Waals surface area contributed by atoms with Crippen molar-refractivity contribution in [1.29, 1.82) is 0 Å². The predicted octanol–water partition coefficient (Wildman–Crippen LogP) is 3.34. The van der Waals surface area contributed by atoms with E-state index in [4.69, 9.17) is 23.2 Å². The van der Waals surface area contributed by atoms with Crippen molar-refractivity contribution in [2.24, 2.45) is 0 Å². The maximum Gasteiger partial charge on any atom is 0.253 e. The second kappa shape index (κ2) is 5.63. The van der Waals surface area contributed by atoms with Gasteiger partial charge < -0.3 is 5.32 Å². The molecule has 0 saturated carbocycles. The van der Waals surface area contributed by atoms with Crippen LogP contribution in [0.1, 0.15) is 21.1 Å². The minimum atomic E-state index is -0.267. The second-order valence-corrected chi connectivity index (χ2v) is 6.39. The Morgan fingerprint density at radius 2 is 2.24 bits per heavy atom. The molecule has 0 radical (unpaired) electrons. The number of aromatic nitrogens is 3. The quantitative estimate of drug-likeness (QED) is 0.795. The highest BCUT2D eigenvalue weighted by molar-refractivity contribution is 7.16. The molecule has 2 heterocycles. The van der Waals surface area contributed by atoms with E-state index >= 15 is 0 Å². The first kappa shape index (κ1) is 14.3. The molecule has 3 aromatic rings. The molecule has 0 spiro atoms. The summed E-state index contributed by atoms with van der Waals surface area (Å²) in [6.45, 7) is 2.23. The molecule has 0 aliphatic rings. The summed E-state index contributed by atoms with van der Waals surface area (Å²) in [5.41, 5.74) is 1.13. The minimum absolute atomic E-state index is 0.267. The van der Waals surface area contributed by atoms with E-state index in [0.29, 0.717) is 22.2 Å². The molecule has 0 saturated heterocycles. The Bertz CT molecular complexity index is 795. The Labute approximate surface area is 134 Å². The van der Waals surface area contributed by atoms with Gasteiger partial charge in [0.25, 0.3) is 5.91 Å². The zero-order valence-electron chi connectivity index (χ0n) is 10.9.